The molecule has 2 rings (SSSR count). The van der Waals surface area contributed by atoms with Gasteiger partial charge in [-0.1, -0.05) is 13.8 Å². The fraction of sp³-hybridized carbons (Fsp3) is 0.765. The molecule has 21 heavy (non-hydrogen) atoms. The molecule has 3 nitrogen and oxygen atoms in total. The summed E-state index contributed by atoms with van der Waals surface area (Å²) in [4.78, 5) is 5.23. The van der Waals surface area contributed by atoms with Gasteiger partial charge in [-0.05, 0) is 50.9 Å². The number of rotatable bonds is 10. The van der Waals surface area contributed by atoms with E-state index >= 15 is 0 Å². The highest BCUT2D eigenvalue weighted by Gasteiger charge is 2.25. The average Bonchev–Trinajstić information content (AvgIpc) is 3.20. The predicted molar refractivity (Wildman–Crippen MR) is 90.9 cm³/mol. The van der Waals surface area contributed by atoms with Crippen LogP contribution in [0.5, 0.6) is 0 Å². The minimum Gasteiger partial charge on any atom is -0.375 e. The van der Waals surface area contributed by atoms with Crippen molar-refractivity contribution in [1.29, 1.82) is 0 Å². The summed E-state index contributed by atoms with van der Waals surface area (Å²) in [5.41, 5.74) is 1.36. The number of ether oxygens (including phenoxy) is 1. The van der Waals surface area contributed by atoms with Crippen LogP contribution in [0.15, 0.2) is 6.07 Å². The Morgan fingerprint density at radius 3 is 2.86 bits per heavy atom. The normalized spacial score (nSPS) is 15.3. The van der Waals surface area contributed by atoms with Crippen molar-refractivity contribution < 1.29 is 4.74 Å². The molecule has 1 aromatic heterocycles. The Labute approximate surface area is 133 Å². The number of likely N-dealkylation sites (N-methyl/N-ethyl adjacent to an activating group) is 1. The van der Waals surface area contributed by atoms with E-state index in [2.05, 4.69) is 44.1 Å². The van der Waals surface area contributed by atoms with E-state index in [9.17, 15) is 0 Å². The van der Waals surface area contributed by atoms with Gasteiger partial charge in [0.25, 0.3) is 0 Å². The molecule has 1 fully saturated rings. The molecule has 0 aliphatic heterocycles. The van der Waals surface area contributed by atoms with E-state index in [-0.39, 0.29) is 0 Å². The molecule has 1 aliphatic carbocycles. The molecule has 0 spiro atoms. The summed E-state index contributed by atoms with van der Waals surface area (Å²) in [6.45, 7) is 11.4. The van der Waals surface area contributed by atoms with Crippen molar-refractivity contribution in [3.8, 4) is 0 Å². The van der Waals surface area contributed by atoms with Gasteiger partial charge in [0.1, 0.15) is 0 Å². The second-order valence-electron chi connectivity index (χ2n) is 6.58. The lowest BCUT2D eigenvalue weighted by Gasteiger charge is -2.15. The van der Waals surface area contributed by atoms with Gasteiger partial charge in [-0.25, -0.2) is 0 Å². The van der Waals surface area contributed by atoms with Gasteiger partial charge in [-0.2, -0.15) is 0 Å². The summed E-state index contributed by atoms with van der Waals surface area (Å²) in [6.07, 6.45) is 2.74. The Balaban J connectivity index is 1.66. The second-order valence-corrected chi connectivity index (χ2v) is 7.92. The first-order chi connectivity index (χ1) is 10.1. The molecule has 1 heterocycles. The SMILES string of the molecule is Cc1sc(CNCC(C)C)cc1COCCN(C)C1CC1. The Bertz CT molecular complexity index is 426. The van der Waals surface area contributed by atoms with Crippen molar-refractivity contribution in [3.05, 3.63) is 21.4 Å². The Morgan fingerprint density at radius 2 is 2.19 bits per heavy atom. The van der Waals surface area contributed by atoms with Crippen molar-refractivity contribution in [2.45, 2.75) is 52.8 Å². The maximum absolute atomic E-state index is 5.85. The van der Waals surface area contributed by atoms with E-state index in [0.29, 0.717) is 5.92 Å². The first kappa shape index (κ1) is 16.9. The van der Waals surface area contributed by atoms with Crippen LogP contribution in [0.3, 0.4) is 0 Å². The molecule has 0 bridgehead atoms. The van der Waals surface area contributed by atoms with Crippen molar-refractivity contribution in [1.82, 2.24) is 10.2 Å². The quantitative estimate of drug-likeness (QED) is 0.670. The molecule has 0 aromatic carbocycles. The molecule has 0 amide bonds. The standard InChI is InChI=1S/C17H30N2OS/c1-13(2)10-18-11-17-9-15(14(3)21-17)12-20-8-7-19(4)16-5-6-16/h9,13,16,18H,5-8,10-12H2,1-4H3. The molecule has 0 unspecified atom stereocenters. The lowest BCUT2D eigenvalue weighted by atomic mass is 10.2. The zero-order valence-corrected chi connectivity index (χ0v) is 14.8. The summed E-state index contributed by atoms with van der Waals surface area (Å²) >= 11 is 1.89. The third kappa shape index (κ3) is 6.07. The Kier molecular flexibility index (Phi) is 6.68. The summed E-state index contributed by atoms with van der Waals surface area (Å²) in [5, 5.41) is 3.51. The van der Waals surface area contributed by atoms with E-state index in [1.807, 2.05) is 11.3 Å². The predicted octanol–water partition coefficient (Wildman–Crippen LogP) is 3.41. The van der Waals surface area contributed by atoms with Crippen LogP contribution in [0.1, 0.15) is 42.0 Å². The van der Waals surface area contributed by atoms with E-state index < -0.39 is 0 Å². The van der Waals surface area contributed by atoms with Gasteiger partial charge in [0, 0.05) is 28.9 Å². The summed E-state index contributed by atoms with van der Waals surface area (Å²) in [7, 11) is 2.20. The van der Waals surface area contributed by atoms with E-state index in [0.717, 1.165) is 38.9 Å². The number of nitrogens with one attached hydrogen (secondary N) is 1. The van der Waals surface area contributed by atoms with Crippen LogP contribution >= 0.6 is 11.3 Å². The van der Waals surface area contributed by atoms with Crippen molar-refractivity contribution >= 4 is 11.3 Å². The summed E-state index contributed by atoms with van der Waals surface area (Å²) < 4.78 is 5.85. The molecule has 0 atom stereocenters. The highest BCUT2D eigenvalue weighted by Crippen LogP contribution is 2.25. The highest BCUT2D eigenvalue weighted by molar-refractivity contribution is 7.12. The van der Waals surface area contributed by atoms with Crippen molar-refractivity contribution in [3.63, 3.8) is 0 Å². The Morgan fingerprint density at radius 1 is 1.43 bits per heavy atom. The zero-order valence-electron chi connectivity index (χ0n) is 13.9. The van der Waals surface area contributed by atoms with E-state index in [1.165, 1.54) is 28.2 Å². The molecule has 1 aromatic rings. The monoisotopic (exact) mass is 310 g/mol. The van der Waals surface area contributed by atoms with Gasteiger partial charge in [-0.15, -0.1) is 11.3 Å². The van der Waals surface area contributed by atoms with Crippen LogP contribution in [0.25, 0.3) is 0 Å². The fourth-order valence-electron chi connectivity index (χ4n) is 2.39. The zero-order chi connectivity index (χ0) is 15.2. The maximum atomic E-state index is 5.85. The molecule has 1 aliphatic rings. The molecule has 1 saturated carbocycles. The van der Waals surface area contributed by atoms with Crippen LogP contribution in [0.4, 0.5) is 0 Å². The molecule has 120 valence electrons. The van der Waals surface area contributed by atoms with Gasteiger partial charge in [0.15, 0.2) is 0 Å². The molecule has 0 saturated heterocycles. The average molecular weight is 311 g/mol. The second kappa shape index (κ2) is 8.28. The number of thiophene rings is 1. The minimum atomic E-state index is 0.706. The van der Waals surface area contributed by atoms with Gasteiger partial charge in [0.05, 0.1) is 13.2 Å². The van der Waals surface area contributed by atoms with Crippen LogP contribution in [0.2, 0.25) is 0 Å². The van der Waals surface area contributed by atoms with E-state index in [4.69, 9.17) is 4.74 Å². The van der Waals surface area contributed by atoms with Crippen LogP contribution in [-0.2, 0) is 17.9 Å². The first-order valence-corrected chi connectivity index (χ1v) is 8.94. The topological polar surface area (TPSA) is 24.5 Å². The lowest BCUT2D eigenvalue weighted by Crippen LogP contribution is -2.25. The third-order valence-electron chi connectivity index (χ3n) is 3.94. The first-order valence-electron chi connectivity index (χ1n) is 8.13. The van der Waals surface area contributed by atoms with Gasteiger partial charge < -0.3 is 15.0 Å². The van der Waals surface area contributed by atoms with Crippen LogP contribution in [-0.4, -0.2) is 37.7 Å². The van der Waals surface area contributed by atoms with Crippen LogP contribution < -0.4 is 5.32 Å². The van der Waals surface area contributed by atoms with Gasteiger partial charge in [-0.3, -0.25) is 0 Å². The van der Waals surface area contributed by atoms with Gasteiger partial charge in [0.2, 0.25) is 0 Å². The number of nitrogens with zero attached hydrogens (tertiary/aromatic N) is 1. The molecular formula is C17H30N2OS. The number of hydrogen-bond acceptors (Lipinski definition) is 4. The smallest absolute Gasteiger partial charge is 0.0728 e. The maximum Gasteiger partial charge on any atom is 0.0728 e. The largest absolute Gasteiger partial charge is 0.375 e. The van der Waals surface area contributed by atoms with Crippen molar-refractivity contribution in [2.75, 3.05) is 26.7 Å². The summed E-state index contributed by atoms with van der Waals surface area (Å²) in [5.74, 6) is 0.706. The lowest BCUT2D eigenvalue weighted by molar-refractivity contribution is 0.0978. The number of hydrogen-bond donors (Lipinski definition) is 1. The minimum absolute atomic E-state index is 0.706. The summed E-state index contributed by atoms with van der Waals surface area (Å²) in [6, 6.07) is 3.13. The number of aryl methyl sites for hydroxylation is 1. The molecular weight excluding hydrogens is 280 g/mol. The van der Waals surface area contributed by atoms with E-state index in [1.54, 1.807) is 0 Å². The Hall–Kier alpha value is -0.420. The fourth-order valence-corrected chi connectivity index (χ4v) is 3.41. The molecule has 1 N–H and O–H groups in total. The van der Waals surface area contributed by atoms with Crippen LogP contribution in [0, 0.1) is 12.8 Å². The third-order valence-corrected chi connectivity index (χ3v) is 5.03. The molecule has 4 heteroatoms. The van der Waals surface area contributed by atoms with Gasteiger partial charge >= 0.3 is 0 Å². The molecule has 0 radical (unpaired) electrons. The highest BCUT2D eigenvalue weighted by atomic mass is 32.1. The van der Waals surface area contributed by atoms with Crippen molar-refractivity contribution in [2.24, 2.45) is 5.92 Å².